The fraction of sp³-hybridized carbons (Fsp3) is 1.00. The van der Waals surface area contributed by atoms with Crippen molar-refractivity contribution in [1.29, 1.82) is 0 Å². The molecule has 1 unspecified atom stereocenters. The van der Waals surface area contributed by atoms with Gasteiger partial charge in [0.25, 0.3) is 0 Å². The van der Waals surface area contributed by atoms with E-state index in [1.807, 2.05) is 0 Å². The third-order valence-corrected chi connectivity index (χ3v) is 1.47. The highest BCUT2D eigenvalue weighted by Crippen LogP contribution is 1.94. The molecule has 0 saturated carbocycles. The van der Waals surface area contributed by atoms with Gasteiger partial charge in [0.05, 0.1) is 31.8 Å². The number of hydrogen-bond donors (Lipinski definition) is 3. The molecule has 0 spiro atoms. The molecular weight excluding hydrogens is 172 g/mol. The second-order valence-electron chi connectivity index (χ2n) is 2.13. The summed E-state index contributed by atoms with van der Waals surface area (Å²) in [7, 11) is 0. The number of rotatable bonds is 6. The Balaban J connectivity index is 3.34. The van der Waals surface area contributed by atoms with Crippen molar-refractivity contribution in [2.75, 3.05) is 25.7 Å². The third kappa shape index (κ3) is 5.41. The van der Waals surface area contributed by atoms with Crippen molar-refractivity contribution < 1.29 is 20.1 Å². The van der Waals surface area contributed by atoms with Crippen molar-refractivity contribution in [3.63, 3.8) is 0 Å². The largest absolute Gasteiger partial charge is 0.394 e. The predicted octanol–water partition coefficient (Wildman–Crippen LogP) is -1.04. The monoisotopic (exact) mass is 184 g/mol. The van der Waals surface area contributed by atoms with E-state index in [0.717, 1.165) is 0 Å². The fourth-order valence-corrected chi connectivity index (χ4v) is 0.544. The summed E-state index contributed by atoms with van der Waals surface area (Å²) >= 11 is 5.27. The number of halogens is 1. The lowest BCUT2D eigenvalue weighted by Crippen LogP contribution is -2.27. The quantitative estimate of drug-likeness (QED) is 0.461. The van der Waals surface area contributed by atoms with E-state index in [0.29, 0.717) is 0 Å². The Morgan fingerprint density at radius 2 is 1.82 bits per heavy atom. The van der Waals surface area contributed by atoms with Crippen molar-refractivity contribution in [2.24, 2.45) is 0 Å². The summed E-state index contributed by atoms with van der Waals surface area (Å²) in [6, 6.07) is 0. The van der Waals surface area contributed by atoms with Crippen molar-refractivity contribution in [3.8, 4) is 0 Å². The second kappa shape index (κ2) is 6.82. The van der Waals surface area contributed by atoms with Gasteiger partial charge in [0.1, 0.15) is 6.10 Å². The molecule has 0 amide bonds. The first kappa shape index (κ1) is 11.1. The molecule has 5 heteroatoms. The van der Waals surface area contributed by atoms with Crippen LogP contribution < -0.4 is 0 Å². The molecule has 0 aliphatic heterocycles. The number of ether oxygens (including phenoxy) is 1. The minimum absolute atomic E-state index is 0.0370. The van der Waals surface area contributed by atoms with Crippen LogP contribution >= 0.6 is 11.6 Å². The van der Waals surface area contributed by atoms with Gasteiger partial charge in [-0.05, 0) is 0 Å². The van der Waals surface area contributed by atoms with E-state index in [9.17, 15) is 0 Å². The van der Waals surface area contributed by atoms with Crippen LogP contribution in [0.5, 0.6) is 0 Å². The van der Waals surface area contributed by atoms with E-state index in [1.54, 1.807) is 0 Å². The zero-order valence-corrected chi connectivity index (χ0v) is 6.87. The SMILES string of the molecule is OCC(CO)OCC(O)CCl. The van der Waals surface area contributed by atoms with Crippen LogP contribution in [0, 0.1) is 0 Å². The maximum atomic E-state index is 8.88. The van der Waals surface area contributed by atoms with Crippen molar-refractivity contribution >= 4 is 11.6 Å². The van der Waals surface area contributed by atoms with Gasteiger partial charge in [-0.15, -0.1) is 11.6 Å². The Bertz CT molecular complexity index is 86.7. The van der Waals surface area contributed by atoms with E-state index >= 15 is 0 Å². The van der Waals surface area contributed by atoms with Crippen molar-refractivity contribution in [3.05, 3.63) is 0 Å². The Labute approximate surface area is 70.4 Å². The standard InChI is InChI=1S/C6H13ClO4/c7-1-5(10)4-11-6(2-8)3-9/h5-6,8-10H,1-4H2. The molecule has 0 aromatic heterocycles. The Morgan fingerprint density at radius 3 is 2.18 bits per heavy atom. The molecule has 0 aliphatic rings. The van der Waals surface area contributed by atoms with E-state index in [-0.39, 0.29) is 25.7 Å². The molecule has 0 fully saturated rings. The van der Waals surface area contributed by atoms with Gasteiger partial charge in [0.15, 0.2) is 0 Å². The minimum Gasteiger partial charge on any atom is -0.394 e. The predicted molar refractivity (Wildman–Crippen MR) is 40.6 cm³/mol. The molecule has 0 aromatic carbocycles. The molecule has 4 nitrogen and oxygen atoms in total. The van der Waals surface area contributed by atoms with Crippen LogP contribution in [0.4, 0.5) is 0 Å². The molecule has 0 bridgehead atoms. The van der Waals surface area contributed by atoms with Crippen LogP contribution in [0.1, 0.15) is 0 Å². The molecule has 3 N–H and O–H groups in total. The lowest BCUT2D eigenvalue weighted by atomic mass is 10.4. The van der Waals surface area contributed by atoms with Crippen LogP contribution in [0.25, 0.3) is 0 Å². The Morgan fingerprint density at radius 1 is 1.27 bits per heavy atom. The summed E-state index contributed by atoms with van der Waals surface area (Å²) in [5.41, 5.74) is 0. The first-order chi connectivity index (χ1) is 5.24. The topological polar surface area (TPSA) is 69.9 Å². The summed E-state index contributed by atoms with van der Waals surface area (Å²) in [4.78, 5) is 0. The summed E-state index contributed by atoms with van der Waals surface area (Å²) in [5, 5.41) is 25.9. The normalized spacial score (nSPS) is 13.9. The highest BCUT2D eigenvalue weighted by Gasteiger charge is 2.08. The van der Waals surface area contributed by atoms with Crippen LogP contribution in [-0.2, 0) is 4.74 Å². The maximum absolute atomic E-state index is 8.88. The molecule has 1 atom stereocenters. The molecule has 0 aliphatic carbocycles. The molecule has 11 heavy (non-hydrogen) atoms. The highest BCUT2D eigenvalue weighted by molar-refractivity contribution is 6.18. The maximum Gasteiger partial charge on any atom is 0.104 e. The van der Waals surface area contributed by atoms with Gasteiger partial charge in [-0.2, -0.15) is 0 Å². The first-order valence-electron chi connectivity index (χ1n) is 3.32. The van der Waals surface area contributed by atoms with Crippen LogP contribution in [0.3, 0.4) is 0 Å². The molecule has 0 radical (unpaired) electrons. The Hall–Kier alpha value is 0.130. The lowest BCUT2D eigenvalue weighted by molar-refractivity contribution is -0.0484. The lowest BCUT2D eigenvalue weighted by Gasteiger charge is -2.14. The van der Waals surface area contributed by atoms with Gasteiger partial charge in [-0.3, -0.25) is 0 Å². The molecule has 0 rings (SSSR count). The second-order valence-corrected chi connectivity index (χ2v) is 2.44. The average Bonchev–Trinajstić information content (AvgIpc) is 2.06. The molecule has 68 valence electrons. The van der Waals surface area contributed by atoms with Gasteiger partial charge in [0.2, 0.25) is 0 Å². The number of alkyl halides is 1. The van der Waals surface area contributed by atoms with Crippen LogP contribution in [0.2, 0.25) is 0 Å². The Kier molecular flexibility index (Phi) is 6.90. The molecule has 0 saturated heterocycles. The zero-order chi connectivity index (χ0) is 8.69. The summed E-state index contributed by atoms with van der Waals surface area (Å²) in [6.45, 7) is -0.480. The van der Waals surface area contributed by atoms with Crippen LogP contribution in [0.15, 0.2) is 0 Å². The summed E-state index contributed by atoms with van der Waals surface area (Å²) in [6.07, 6.45) is -1.36. The van der Waals surface area contributed by atoms with E-state index in [2.05, 4.69) is 0 Å². The zero-order valence-electron chi connectivity index (χ0n) is 6.11. The van der Waals surface area contributed by atoms with Gasteiger partial charge in [-0.1, -0.05) is 0 Å². The van der Waals surface area contributed by atoms with Gasteiger partial charge in [0, 0.05) is 0 Å². The van der Waals surface area contributed by atoms with Gasteiger partial charge < -0.3 is 20.1 Å². The van der Waals surface area contributed by atoms with E-state index < -0.39 is 12.2 Å². The molecular formula is C6H13ClO4. The molecule has 0 aromatic rings. The number of aliphatic hydroxyl groups excluding tert-OH is 3. The summed E-state index contributed by atoms with van der Waals surface area (Å²) in [5.74, 6) is 0.0869. The van der Waals surface area contributed by atoms with E-state index in [1.165, 1.54) is 0 Å². The van der Waals surface area contributed by atoms with Gasteiger partial charge >= 0.3 is 0 Å². The average molecular weight is 185 g/mol. The van der Waals surface area contributed by atoms with Crippen molar-refractivity contribution in [1.82, 2.24) is 0 Å². The molecule has 0 heterocycles. The van der Waals surface area contributed by atoms with E-state index in [4.69, 9.17) is 31.7 Å². The summed E-state index contributed by atoms with van der Waals surface area (Å²) < 4.78 is 4.86. The van der Waals surface area contributed by atoms with Crippen LogP contribution in [-0.4, -0.2) is 53.2 Å². The third-order valence-electron chi connectivity index (χ3n) is 1.11. The highest BCUT2D eigenvalue weighted by atomic mass is 35.5. The smallest absolute Gasteiger partial charge is 0.104 e. The minimum atomic E-state index is -0.739. The fourth-order valence-electron chi connectivity index (χ4n) is 0.455. The first-order valence-corrected chi connectivity index (χ1v) is 3.85. The number of hydrogen-bond acceptors (Lipinski definition) is 4. The van der Waals surface area contributed by atoms with Crippen molar-refractivity contribution in [2.45, 2.75) is 12.2 Å². The number of aliphatic hydroxyl groups is 3. The van der Waals surface area contributed by atoms with Gasteiger partial charge in [-0.25, -0.2) is 0 Å².